The minimum atomic E-state index is 0.0953. The van der Waals surface area contributed by atoms with E-state index in [1.165, 1.54) is 5.56 Å². The van der Waals surface area contributed by atoms with Crippen molar-refractivity contribution >= 4 is 15.9 Å². The van der Waals surface area contributed by atoms with Crippen molar-refractivity contribution in [3.63, 3.8) is 0 Å². The monoisotopic (exact) mass is 347 g/mol. The molecule has 3 heteroatoms. The Kier molecular flexibility index (Phi) is 5.43. The molecule has 2 nitrogen and oxygen atoms in total. The number of benzene rings is 2. The summed E-state index contributed by atoms with van der Waals surface area (Å²) in [6, 6.07) is 14.3. The minimum absolute atomic E-state index is 0.0953. The molecular formula is C18H22BrNO. The van der Waals surface area contributed by atoms with E-state index >= 15 is 0 Å². The van der Waals surface area contributed by atoms with Gasteiger partial charge in [0.05, 0.1) is 0 Å². The summed E-state index contributed by atoms with van der Waals surface area (Å²) in [7, 11) is 0. The van der Waals surface area contributed by atoms with Gasteiger partial charge >= 0.3 is 0 Å². The van der Waals surface area contributed by atoms with Gasteiger partial charge in [0.2, 0.25) is 0 Å². The fourth-order valence-corrected chi connectivity index (χ4v) is 2.59. The first kappa shape index (κ1) is 16.1. The molecular weight excluding hydrogens is 326 g/mol. The van der Waals surface area contributed by atoms with Gasteiger partial charge in [0.15, 0.2) is 0 Å². The van der Waals surface area contributed by atoms with E-state index in [1.54, 1.807) is 0 Å². The lowest BCUT2D eigenvalue weighted by molar-refractivity contribution is 0.472. The predicted octanol–water partition coefficient (Wildman–Crippen LogP) is 5.77. The molecule has 0 aliphatic rings. The fraction of sp³-hybridized carbons (Fsp3) is 0.333. The number of rotatable bonds is 5. The second kappa shape index (κ2) is 7.10. The molecule has 0 saturated carbocycles. The van der Waals surface area contributed by atoms with Gasteiger partial charge in [0, 0.05) is 10.5 Å². The van der Waals surface area contributed by atoms with E-state index in [0.29, 0.717) is 5.92 Å². The third-order valence-corrected chi connectivity index (χ3v) is 4.06. The Balaban J connectivity index is 2.22. The number of hydrogen-bond acceptors (Lipinski definition) is 2. The molecule has 2 aromatic carbocycles. The van der Waals surface area contributed by atoms with Gasteiger partial charge in [-0.2, -0.15) is 0 Å². The maximum absolute atomic E-state index is 6.03. The van der Waals surface area contributed by atoms with Gasteiger partial charge in [-0.05, 0) is 53.8 Å². The van der Waals surface area contributed by atoms with Crippen LogP contribution in [0.2, 0.25) is 0 Å². The Morgan fingerprint density at radius 1 is 1.10 bits per heavy atom. The standard InChI is InChI=1S/C18H22BrNO/c1-4-17(20)13-5-8-15(9-6-13)21-18-10-7-14(19)11-16(18)12(2)3/h5-12,17H,4,20H2,1-3H3/t17-/m0/s1. The normalized spacial score (nSPS) is 12.5. The quantitative estimate of drug-likeness (QED) is 0.744. The molecule has 21 heavy (non-hydrogen) atoms. The van der Waals surface area contributed by atoms with Crippen LogP contribution in [-0.2, 0) is 0 Å². The summed E-state index contributed by atoms with van der Waals surface area (Å²) in [5.41, 5.74) is 8.37. The van der Waals surface area contributed by atoms with Crippen molar-refractivity contribution in [1.82, 2.24) is 0 Å². The van der Waals surface area contributed by atoms with Gasteiger partial charge in [-0.15, -0.1) is 0 Å². The predicted molar refractivity (Wildman–Crippen MR) is 92.0 cm³/mol. The van der Waals surface area contributed by atoms with E-state index in [1.807, 2.05) is 36.4 Å². The summed E-state index contributed by atoms with van der Waals surface area (Å²) < 4.78 is 7.10. The average Bonchev–Trinajstić information content (AvgIpc) is 2.49. The van der Waals surface area contributed by atoms with E-state index < -0.39 is 0 Å². The van der Waals surface area contributed by atoms with E-state index in [9.17, 15) is 0 Å². The largest absolute Gasteiger partial charge is 0.457 e. The maximum atomic E-state index is 6.03. The van der Waals surface area contributed by atoms with Gasteiger partial charge in [-0.25, -0.2) is 0 Å². The SMILES string of the molecule is CC[C@H](N)c1ccc(Oc2ccc(Br)cc2C(C)C)cc1. The average molecular weight is 348 g/mol. The van der Waals surface area contributed by atoms with Gasteiger partial charge in [0.25, 0.3) is 0 Å². The summed E-state index contributed by atoms with van der Waals surface area (Å²) in [6.07, 6.45) is 0.935. The molecule has 2 N–H and O–H groups in total. The van der Waals surface area contributed by atoms with Crippen LogP contribution in [0.4, 0.5) is 0 Å². The Bertz CT molecular complexity index is 593. The van der Waals surface area contributed by atoms with Crippen molar-refractivity contribution in [2.45, 2.75) is 39.2 Å². The van der Waals surface area contributed by atoms with Crippen molar-refractivity contribution in [3.05, 3.63) is 58.1 Å². The molecule has 0 spiro atoms. The molecule has 0 fully saturated rings. The summed E-state index contributed by atoms with van der Waals surface area (Å²) in [6.45, 7) is 6.42. The van der Waals surface area contributed by atoms with E-state index in [-0.39, 0.29) is 6.04 Å². The molecule has 0 heterocycles. The molecule has 0 aromatic heterocycles. The van der Waals surface area contributed by atoms with Crippen molar-refractivity contribution < 1.29 is 4.74 Å². The van der Waals surface area contributed by atoms with Gasteiger partial charge in [-0.1, -0.05) is 48.8 Å². The molecule has 0 aliphatic heterocycles. The number of ether oxygens (including phenoxy) is 1. The Labute approximate surface area is 135 Å². The third-order valence-electron chi connectivity index (χ3n) is 3.57. The second-order valence-corrected chi connectivity index (χ2v) is 6.44. The molecule has 1 atom stereocenters. The van der Waals surface area contributed by atoms with Crippen molar-refractivity contribution in [3.8, 4) is 11.5 Å². The van der Waals surface area contributed by atoms with Gasteiger partial charge in [-0.3, -0.25) is 0 Å². The summed E-state index contributed by atoms with van der Waals surface area (Å²) >= 11 is 3.51. The Morgan fingerprint density at radius 3 is 2.33 bits per heavy atom. The van der Waals surface area contributed by atoms with Crippen LogP contribution in [0.3, 0.4) is 0 Å². The first-order valence-corrected chi connectivity index (χ1v) is 8.13. The highest BCUT2D eigenvalue weighted by molar-refractivity contribution is 9.10. The summed E-state index contributed by atoms with van der Waals surface area (Å²) in [5, 5.41) is 0. The topological polar surface area (TPSA) is 35.2 Å². The van der Waals surface area contributed by atoms with Crippen LogP contribution < -0.4 is 10.5 Å². The van der Waals surface area contributed by atoms with E-state index in [4.69, 9.17) is 10.5 Å². The molecule has 0 unspecified atom stereocenters. The van der Waals surface area contributed by atoms with Crippen LogP contribution in [-0.4, -0.2) is 0 Å². The second-order valence-electron chi connectivity index (χ2n) is 5.52. The highest BCUT2D eigenvalue weighted by atomic mass is 79.9. The zero-order valence-electron chi connectivity index (χ0n) is 12.8. The fourth-order valence-electron chi connectivity index (χ4n) is 2.21. The lowest BCUT2D eigenvalue weighted by Gasteiger charge is -2.15. The van der Waals surface area contributed by atoms with Crippen molar-refractivity contribution in [1.29, 1.82) is 0 Å². The molecule has 0 saturated heterocycles. The number of hydrogen-bond donors (Lipinski definition) is 1. The summed E-state index contributed by atoms with van der Waals surface area (Å²) in [5.74, 6) is 2.15. The molecule has 0 bridgehead atoms. The smallest absolute Gasteiger partial charge is 0.130 e. The zero-order chi connectivity index (χ0) is 15.4. The van der Waals surface area contributed by atoms with Crippen molar-refractivity contribution in [2.75, 3.05) is 0 Å². The number of halogens is 1. The van der Waals surface area contributed by atoms with Gasteiger partial charge in [0.1, 0.15) is 11.5 Å². The molecule has 2 rings (SSSR count). The molecule has 112 valence electrons. The van der Waals surface area contributed by atoms with Crippen LogP contribution in [0, 0.1) is 0 Å². The lowest BCUT2D eigenvalue weighted by atomic mass is 10.0. The van der Waals surface area contributed by atoms with E-state index in [0.717, 1.165) is 28.0 Å². The Morgan fingerprint density at radius 2 is 1.76 bits per heavy atom. The first-order chi connectivity index (χ1) is 10.0. The van der Waals surface area contributed by atoms with Crippen LogP contribution >= 0.6 is 15.9 Å². The lowest BCUT2D eigenvalue weighted by Crippen LogP contribution is -2.08. The Hall–Kier alpha value is -1.32. The highest BCUT2D eigenvalue weighted by Crippen LogP contribution is 2.33. The minimum Gasteiger partial charge on any atom is -0.457 e. The molecule has 0 amide bonds. The van der Waals surface area contributed by atoms with Gasteiger partial charge < -0.3 is 10.5 Å². The van der Waals surface area contributed by atoms with Crippen LogP contribution in [0.25, 0.3) is 0 Å². The van der Waals surface area contributed by atoms with Crippen molar-refractivity contribution in [2.24, 2.45) is 5.73 Å². The van der Waals surface area contributed by atoms with Crippen LogP contribution in [0.15, 0.2) is 46.9 Å². The maximum Gasteiger partial charge on any atom is 0.130 e. The number of nitrogens with two attached hydrogens (primary N) is 1. The van der Waals surface area contributed by atoms with Crippen LogP contribution in [0.1, 0.15) is 50.3 Å². The third kappa shape index (κ3) is 4.08. The molecule has 0 radical (unpaired) electrons. The first-order valence-electron chi connectivity index (χ1n) is 7.34. The van der Waals surface area contributed by atoms with Crippen LogP contribution in [0.5, 0.6) is 11.5 Å². The molecule has 2 aromatic rings. The zero-order valence-corrected chi connectivity index (χ0v) is 14.4. The summed E-state index contributed by atoms with van der Waals surface area (Å²) in [4.78, 5) is 0. The molecule has 0 aliphatic carbocycles. The highest BCUT2D eigenvalue weighted by Gasteiger charge is 2.10. The van der Waals surface area contributed by atoms with E-state index in [2.05, 4.69) is 42.8 Å².